The Kier molecular flexibility index (Phi) is 3.42. The van der Waals surface area contributed by atoms with Crippen molar-refractivity contribution in [3.05, 3.63) is 33.9 Å². The standard InChI is InChI=1S/C13H16N2O4/c1-8-11(4-3-5-12(8)15(18)19)14-7-6-10(9(14)2)13(16)17/h3-5,9-10H,6-7H2,1-2H3,(H,16,17). The molecule has 0 spiro atoms. The van der Waals surface area contributed by atoms with Crippen LogP contribution in [0.3, 0.4) is 0 Å². The van der Waals surface area contributed by atoms with Crippen molar-refractivity contribution in [2.45, 2.75) is 26.3 Å². The predicted molar refractivity (Wildman–Crippen MR) is 70.4 cm³/mol. The zero-order valence-corrected chi connectivity index (χ0v) is 10.9. The van der Waals surface area contributed by atoms with E-state index in [2.05, 4.69) is 0 Å². The van der Waals surface area contributed by atoms with Crippen LogP contribution in [0.15, 0.2) is 18.2 Å². The van der Waals surface area contributed by atoms with Gasteiger partial charge in [0.1, 0.15) is 0 Å². The van der Waals surface area contributed by atoms with Gasteiger partial charge in [-0.1, -0.05) is 6.07 Å². The van der Waals surface area contributed by atoms with E-state index in [0.29, 0.717) is 18.5 Å². The van der Waals surface area contributed by atoms with Crippen molar-refractivity contribution in [3.63, 3.8) is 0 Å². The molecule has 0 radical (unpaired) electrons. The largest absolute Gasteiger partial charge is 0.481 e. The summed E-state index contributed by atoms with van der Waals surface area (Å²) in [5.74, 6) is -1.23. The second-order valence-electron chi connectivity index (χ2n) is 4.85. The minimum Gasteiger partial charge on any atom is -0.481 e. The number of carboxylic acid groups (broad SMARTS) is 1. The zero-order chi connectivity index (χ0) is 14.2. The van der Waals surface area contributed by atoms with E-state index in [1.165, 1.54) is 6.07 Å². The minimum atomic E-state index is -0.807. The van der Waals surface area contributed by atoms with Crippen LogP contribution in [-0.2, 0) is 4.79 Å². The van der Waals surface area contributed by atoms with Gasteiger partial charge in [0.2, 0.25) is 0 Å². The third-order valence-electron chi connectivity index (χ3n) is 3.85. The van der Waals surface area contributed by atoms with Crippen LogP contribution in [0.4, 0.5) is 11.4 Å². The fourth-order valence-corrected chi connectivity index (χ4v) is 2.73. The summed E-state index contributed by atoms with van der Waals surface area (Å²) < 4.78 is 0. The predicted octanol–water partition coefficient (Wildman–Crippen LogP) is 2.20. The van der Waals surface area contributed by atoms with Crippen molar-refractivity contribution in [1.29, 1.82) is 0 Å². The van der Waals surface area contributed by atoms with E-state index in [-0.39, 0.29) is 11.7 Å². The Morgan fingerprint density at radius 2 is 2.21 bits per heavy atom. The Labute approximate surface area is 110 Å². The lowest BCUT2D eigenvalue weighted by molar-refractivity contribution is -0.385. The Balaban J connectivity index is 2.36. The number of hydrogen-bond donors (Lipinski definition) is 1. The first-order chi connectivity index (χ1) is 8.93. The van der Waals surface area contributed by atoms with Gasteiger partial charge in [-0.2, -0.15) is 0 Å². The van der Waals surface area contributed by atoms with Gasteiger partial charge < -0.3 is 10.0 Å². The molecule has 0 aliphatic carbocycles. The molecule has 2 atom stereocenters. The summed E-state index contributed by atoms with van der Waals surface area (Å²) in [5, 5.41) is 20.1. The van der Waals surface area contributed by atoms with E-state index in [4.69, 9.17) is 5.11 Å². The Morgan fingerprint density at radius 3 is 2.74 bits per heavy atom. The number of carbonyl (C=O) groups is 1. The number of nitro groups is 1. The van der Waals surface area contributed by atoms with E-state index in [1.807, 2.05) is 17.9 Å². The number of anilines is 1. The van der Waals surface area contributed by atoms with E-state index < -0.39 is 16.8 Å². The maximum atomic E-state index is 11.1. The SMILES string of the molecule is Cc1c(N2CCC(C(=O)O)C2C)cccc1[N+](=O)[O-]. The van der Waals surface area contributed by atoms with Crippen molar-refractivity contribution >= 4 is 17.3 Å². The van der Waals surface area contributed by atoms with Gasteiger partial charge in [-0.15, -0.1) is 0 Å². The van der Waals surface area contributed by atoms with Gasteiger partial charge in [0.15, 0.2) is 0 Å². The lowest BCUT2D eigenvalue weighted by Crippen LogP contribution is -2.33. The number of hydrogen-bond acceptors (Lipinski definition) is 4. The van der Waals surface area contributed by atoms with Crippen LogP contribution in [-0.4, -0.2) is 28.6 Å². The average Bonchev–Trinajstić information content (AvgIpc) is 2.71. The molecule has 0 amide bonds. The van der Waals surface area contributed by atoms with Crippen LogP contribution in [0.25, 0.3) is 0 Å². The molecule has 0 aromatic heterocycles. The van der Waals surface area contributed by atoms with Crippen molar-refractivity contribution < 1.29 is 14.8 Å². The van der Waals surface area contributed by atoms with Crippen LogP contribution >= 0.6 is 0 Å². The maximum Gasteiger partial charge on any atom is 0.308 e. The second-order valence-corrected chi connectivity index (χ2v) is 4.85. The van der Waals surface area contributed by atoms with Gasteiger partial charge in [0.25, 0.3) is 5.69 Å². The van der Waals surface area contributed by atoms with Crippen LogP contribution in [0.2, 0.25) is 0 Å². The summed E-state index contributed by atoms with van der Waals surface area (Å²) in [7, 11) is 0. The highest BCUT2D eigenvalue weighted by Gasteiger charge is 2.36. The summed E-state index contributed by atoms with van der Waals surface area (Å²) in [6, 6.07) is 4.76. The molecule has 6 heteroatoms. The van der Waals surface area contributed by atoms with E-state index in [9.17, 15) is 14.9 Å². The number of rotatable bonds is 3. The number of nitrogens with zero attached hydrogens (tertiary/aromatic N) is 2. The minimum absolute atomic E-state index is 0.0727. The summed E-state index contributed by atoms with van der Waals surface area (Å²) >= 11 is 0. The molecule has 1 aromatic rings. The number of benzene rings is 1. The molecule has 1 aliphatic rings. The lowest BCUT2D eigenvalue weighted by Gasteiger charge is -2.26. The van der Waals surface area contributed by atoms with E-state index >= 15 is 0 Å². The van der Waals surface area contributed by atoms with E-state index in [1.54, 1.807) is 13.0 Å². The summed E-state index contributed by atoms with van der Waals surface area (Å²) in [4.78, 5) is 23.6. The molecule has 102 valence electrons. The molecule has 1 saturated heterocycles. The van der Waals surface area contributed by atoms with Crippen molar-refractivity contribution in [1.82, 2.24) is 0 Å². The molecule has 1 N–H and O–H groups in total. The summed E-state index contributed by atoms with van der Waals surface area (Å²) in [5.41, 5.74) is 1.42. The molecule has 19 heavy (non-hydrogen) atoms. The van der Waals surface area contributed by atoms with Gasteiger partial charge in [-0.05, 0) is 26.3 Å². The molecule has 1 aromatic carbocycles. The zero-order valence-electron chi connectivity index (χ0n) is 10.9. The third-order valence-corrected chi connectivity index (χ3v) is 3.85. The highest BCUT2D eigenvalue weighted by Crippen LogP contribution is 2.35. The summed E-state index contributed by atoms with van der Waals surface area (Å²) in [6.45, 7) is 4.17. The molecule has 1 aliphatic heterocycles. The highest BCUT2D eigenvalue weighted by atomic mass is 16.6. The first kappa shape index (κ1) is 13.3. The highest BCUT2D eigenvalue weighted by molar-refractivity contribution is 5.74. The van der Waals surface area contributed by atoms with Crippen molar-refractivity contribution in [2.75, 3.05) is 11.4 Å². The normalized spacial score (nSPS) is 22.5. The van der Waals surface area contributed by atoms with Crippen molar-refractivity contribution in [2.24, 2.45) is 5.92 Å². The molecular weight excluding hydrogens is 248 g/mol. The van der Waals surface area contributed by atoms with Gasteiger partial charge in [0, 0.05) is 24.3 Å². The molecule has 1 fully saturated rings. The number of carboxylic acids is 1. The van der Waals surface area contributed by atoms with Crippen LogP contribution < -0.4 is 4.90 Å². The first-order valence-corrected chi connectivity index (χ1v) is 6.17. The van der Waals surface area contributed by atoms with Crippen LogP contribution in [0.5, 0.6) is 0 Å². The van der Waals surface area contributed by atoms with E-state index in [0.717, 1.165) is 5.69 Å². The quantitative estimate of drug-likeness (QED) is 0.668. The van der Waals surface area contributed by atoms with Gasteiger partial charge in [-0.3, -0.25) is 14.9 Å². The van der Waals surface area contributed by atoms with Gasteiger partial charge in [0.05, 0.1) is 16.4 Å². The number of aliphatic carboxylic acids is 1. The monoisotopic (exact) mass is 264 g/mol. The fourth-order valence-electron chi connectivity index (χ4n) is 2.73. The van der Waals surface area contributed by atoms with Crippen molar-refractivity contribution in [3.8, 4) is 0 Å². The second kappa shape index (κ2) is 4.87. The molecular formula is C13H16N2O4. The summed E-state index contributed by atoms with van der Waals surface area (Å²) in [6.07, 6.45) is 0.568. The maximum absolute atomic E-state index is 11.1. The molecule has 2 rings (SSSR count). The smallest absolute Gasteiger partial charge is 0.308 e. The molecule has 6 nitrogen and oxygen atoms in total. The third kappa shape index (κ3) is 2.25. The van der Waals surface area contributed by atoms with Crippen LogP contribution in [0.1, 0.15) is 18.9 Å². The number of nitro benzene ring substituents is 1. The van der Waals surface area contributed by atoms with Crippen LogP contribution in [0, 0.1) is 23.0 Å². The van der Waals surface area contributed by atoms with Gasteiger partial charge in [-0.25, -0.2) is 0 Å². The molecule has 0 bridgehead atoms. The molecule has 1 heterocycles. The Hall–Kier alpha value is -2.11. The average molecular weight is 264 g/mol. The van der Waals surface area contributed by atoms with Gasteiger partial charge >= 0.3 is 5.97 Å². The molecule has 2 unspecified atom stereocenters. The first-order valence-electron chi connectivity index (χ1n) is 6.17. The topological polar surface area (TPSA) is 83.7 Å². The molecule has 0 saturated carbocycles. The Bertz CT molecular complexity index is 529. The Morgan fingerprint density at radius 1 is 1.53 bits per heavy atom. The fraction of sp³-hybridized carbons (Fsp3) is 0.462. The lowest BCUT2D eigenvalue weighted by atomic mass is 10.0.